The Morgan fingerprint density at radius 2 is 1.94 bits per heavy atom. The lowest BCUT2D eigenvalue weighted by Crippen LogP contribution is -2.38. The fourth-order valence-corrected chi connectivity index (χ4v) is 4.85. The van der Waals surface area contributed by atoms with Crippen LogP contribution in [0, 0.1) is 5.92 Å². The van der Waals surface area contributed by atoms with Crippen LogP contribution in [-0.4, -0.2) is 58.9 Å². The minimum atomic E-state index is -0.176. The van der Waals surface area contributed by atoms with Gasteiger partial charge < -0.3 is 15.0 Å². The average Bonchev–Trinajstić information content (AvgIpc) is 3.48. The van der Waals surface area contributed by atoms with Crippen LogP contribution in [-0.2, 0) is 4.74 Å². The highest BCUT2D eigenvalue weighted by molar-refractivity contribution is 5.95. The summed E-state index contributed by atoms with van der Waals surface area (Å²) in [6.45, 7) is 6.15. The molecule has 1 aromatic carbocycles. The topological polar surface area (TPSA) is 75.9 Å². The van der Waals surface area contributed by atoms with Gasteiger partial charge in [0.2, 0.25) is 0 Å². The number of ether oxygens (including phenoxy) is 1. The third-order valence-electron chi connectivity index (χ3n) is 6.48. The number of benzene rings is 1. The van der Waals surface area contributed by atoms with Gasteiger partial charge in [-0.15, -0.1) is 0 Å². The van der Waals surface area contributed by atoms with Crippen molar-refractivity contribution in [1.82, 2.24) is 19.6 Å². The fraction of sp³-hybridized carbons (Fsp3) is 0.444. The van der Waals surface area contributed by atoms with Crippen molar-refractivity contribution in [2.75, 3.05) is 26.8 Å². The molecule has 4 rings (SSSR count). The number of likely N-dealkylation sites (tertiary alicyclic amines) is 1. The molecule has 7 heteroatoms. The van der Waals surface area contributed by atoms with Crippen molar-refractivity contribution < 1.29 is 14.3 Å². The second-order valence-electron chi connectivity index (χ2n) is 9.46. The number of rotatable bonds is 9. The number of nitrogens with zero attached hydrogens (tertiary/aromatic N) is 3. The van der Waals surface area contributed by atoms with E-state index in [9.17, 15) is 9.59 Å². The number of hydrogen-bond donors (Lipinski definition) is 1. The molecule has 2 atom stereocenters. The van der Waals surface area contributed by atoms with Gasteiger partial charge in [-0.3, -0.25) is 14.0 Å². The second kappa shape index (κ2) is 10.8. The smallest absolute Gasteiger partial charge is 0.274 e. The summed E-state index contributed by atoms with van der Waals surface area (Å²) >= 11 is 0. The van der Waals surface area contributed by atoms with Gasteiger partial charge in [-0.05, 0) is 42.9 Å². The lowest BCUT2D eigenvalue weighted by molar-refractivity contribution is 0.0625. The predicted molar refractivity (Wildman–Crippen MR) is 132 cm³/mol. The van der Waals surface area contributed by atoms with E-state index >= 15 is 0 Å². The predicted octanol–water partition coefficient (Wildman–Crippen LogP) is 4.15. The molecule has 3 heterocycles. The Morgan fingerprint density at radius 1 is 1.15 bits per heavy atom. The Bertz CT molecular complexity index is 1130. The molecule has 2 unspecified atom stereocenters. The Morgan fingerprint density at radius 3 is 2.68 bits per heavy atom. The van der Waals surface area contributed by atoms with Crippen LogP contribution < -0.4 is 5.32 Å². The number of pyridine rings is 1. The first-order valence-corrected chi connectivity index (χ1v) is 12.1. The molecule has 0 bridgehead atoms. The molecule has 1 aliphatic heterocycles. The monoisotopic (exact) mass is 462 g/mol. The van der Waals surface area contributed by atoms with E-state index in [2.05, 4.69) is 36.3 Å². The zero-order valence-electron chi connectivity index (χ0n) is 20.2. The largest absolute Gasteiger partial charge is 0.383 e. The Kier molecular flexibility index (Phi) is 7.63. The minimum absolute atomic E-state index is 0.0703. The first-order valence-electron chi connectivity index (χ1n) is 12.1. The molecule has 0 radical (unpaired) electrons. The van der Waals surface area contributed by atoms with E-state index in [1.54, 1.807) is 29.8 Å². The summed E-state index contributed by atoms with van der Waals surface area (Å²) in [6, 6.07) is 15.8. The number of hydrogen-bond acceptors (Lipinski definition) is 4. The van der Waals surface area contributed by atoms with E-state index in [1.807, 2.05) is 29.2 Å². The van der Waals surface area contributed by atoms with Crippen molar-refractivity contribution in [3.05, 3.63) is 71.7 Å². The zero-order chi connectivity index (χ0) is 24.1. The van der Waals surface area contributed by atoms with E-state index in [-0.39, 0.29) is 23.8 Å². The number of aromatic nitrogens is 2. The molecular formula is C27H34N4O3. The zero-order valence-corrected chi connectivity index (χ0v) is 20.2. The second-order valence-corrected chi connectivity index (χ2v) is 9.46. The SMILES string of the molecule is COCC1CCCN1C(=O)c1cn2c(C(=O)NCC(CC(C)C)c3ccccc3)cccc2n1. The average molecular weight is 463 g/mol. The summed E-state index contributed by atoms with van der Waals surface area (Å²) in [5.41, 5.74) is 2.63. The lowest BCUT2D eigenvalue weighted by atomic mass is 9.90. The van der Waals surface area contributed by atoms with Crippen molar-refractivity contribution in [1.29, 1.82) is 0 Å². The van der Waals surface area contributed by atoms with Crippen LogP contribution in [0.1, 0.15) is 65.6 Å². The van der Waals surface area contributed by atoms with Crippen LogP contribution in [0.3, 0.4) is 0 Å². The standard InChI is InChI=1S/C27H34N4O3/c1-19(2)15-21(20-9-5-4-6-10-20)16-28-26(32)24-12-7-13-25-29-23(17-31(24)25)27(33)30-14-8-11-22(30)18-34-3/h4-7,9-10,12-13,17,19,21-22H,8,11,14-16,18H2,1-3H3,(H,28,32). The van der Waals surface area contributed by atoms with Gasteiger partial charge in [-0.2, -0.15) is 0 Å². The molecule has 2 amide bonds. The van der Waals surface area contributed by atoms with Gasteiger partial charge in [-0.1, -0.05) is 50.2 Å². The third kappa shape index (κ3) is 5.30. The van der Waals surface area contributed by atoms with Gasteiger partial charge in [0, 0.05) is 32.3 Å². The number of fused-ring (bicyclic) bond motifs is 1. The van der Waals surface area contributed by atoms with Crippen molar-refractivity contribution in [2.24, 2.45) is 5.92 Å². The molecule has 34 heavy (non-hydrogen) atoms. The van der Waals surface area contributed by atoms with E-state index in [4.69, 9.17) is 4.74 Å². The van der Waals surface area contributed by atoms with Crippen LogP contribution in [0.25, 0.3) is 5.65 Å². The van der Waals surface area contributed by atoms with Crippen molar-refractivity contribution in [2.45, 2.75) is 45.1 Å². The third-order valence-corrected chi connectivity index (χ3v) is 6.48. The summed E-state index contributed by atoms with van der Waals surface area (Å²) in [4.78, 5) is 32.7. The Hall–Kier alpha value is -3.19. The summed E-state index contributed by atoms with van der Waals surface area (Å²) in [6.07, 6.45) is 4.55. The summed E-state index contributed by atoms with van der Waals surface area (Å²) in [7, 11) is 1.65. The quantitative estimate of drug-likeness (QED) is 0.518. The highest BCUT2D eigenvalue weighted by Gasteiger charge is 2.31. The van der Waals surface area contributed by atoms with E-state index < -0.39 is 0 Å². The van der Waals surface area contributed by atoms with Crippen molar-refractivity contribution >= 4 is 17.5 Å². The molecule has 0 aliphatic carbocycles. The molecule has 1 saturated heterocycles. The molecule has 2 aromatic heterocycles. The molecule has 3 aromatic rings. The van der Waals surface area contributed by atoms with Gasteiger partial charge >= 0.3 is 0 Å². The number of methoxy groups -OCH3 is 1. The minimum Gasteiger partial charge on any atom is -0.383 e. The first kappa shape index (κ1) is 24.0. The number of nitrogens with one attached hydrogen (secondary N) is 1. The maximum atomic E-state index is 13.2. The van der Waals surface area contributed by atoms with Gasteiger partial charge in [0.15, 0.2) is 0 Å². The maximum Gasteiger partial charge on any atom is 0.274 e. The number of carbonyl (C=O) groups excluding carboxylic acids is 2. The van der Waals surface area contributed by atoms with Gasteiger partial charge in [0.1, 0.15) is 17.0 Å². The molecule has 7 nitrogen and oxygen atoms in total. The van der Waals surface area contributed by atoms with Crippen molar-refractivity contribution in [3.63, 3.8) is 0 Å². The van der Waals surface area contributed by atoms with E-state index in [1.165, 1.54) is 5.56 Å². The van der Waals surface area contributed by atoms with Crippen molar-refractivity contribution in [3.8, 4) is 0 Å². The van der Waals surface area contributed by atoms with Crippen LogP contribution in [0.5, 0.6) is 0 Å². The summed E-state index contributed by atoms with van der Waals surface area (Å²) in [5, 5.41) is 3.11. The molecule has 1 fully saturated rings. The molecule has 180 valence electrons. The first-order chi connectivity index (χ1) is 16.5. The Labute approximate surface area is 201 Å². The maximum absolute atomic E-state index is 13.2. The summed E-state index contributed by atoms with van der Waals surface area (Å²) < 4.78 is 6.99. The molecule has 0 saturated carbocycles. The molecule has 0 spiro atoms. The molecule has 1 aliphatic rings. The van der Waals surface area contributed by atoms with Crippen LogP contribution in [0.4, 0.5) is 0 Å². The van der Waals surface area contributed by atoms with Gasteiger partial charge in [-0.25, -0.2) is 4.98 Å². The normalized spacial score (nSPS) is 16.8. The number of imidazole rings is 1. The fourth-order valence-electron chi connectivity index (χ4n) is 4.85. The van der Waals surface area contributed by atoms with Crippen LogP contribution >= 0.6 is 0 Å². The number of amides is 2. The van der Waals surface area contributed by atoms with E-state index in [0.29, 0.717) is 42.6 Å². The van der Waals surface area contributed by atoms with Crippen LogP contribution in [0.15, 0.2) is 54.7 Å². The number of carbonyl (C=O) groups is 2. The van der Waals surface area contributed by atoms with E-state index in [0.717, 1.165) is 19.3 Å². The highest BCUT2D eigenvalue weighted by Crippen LogP contribution is 2.24. The highest BCUT2D eigenvalue weighted by atomic mass is 16.5. The van der Waals surface area contributed by atoms with Gasteiger partial charge in [0.25, 0.3) is 11.8 Å². The molecular weight excluding hydrogens is 428 g/mol. The van der Waals surface area contributed by atoms with Crippen LogP contribution in [0.2, 0.25) is 0 Å². The summed E-state index contributed by atoms with van der Waals surface area (Å²) in [5.74, 6) is 0.457. The molecule has 1 N–H and O–H groups in total. The Balaban J connectivity index is 1.52. The lowest BCUT2D eigenvalue weighted by Gasteiger charge is -2.23. The van der Waals surface area contributed by atoms with Gasteiger partial charge in [0.05, 0.1) is 12.6 Å².